The topological polar surface area (TPSA) is 68.3 Å². The number of Topliss-reactive ketones (excluding diaryl/α,β-unsaturated/α-hetero) is 1. The number of thiocarbonyl (C=S) groups is 1. The largest absolute Gasteiger partial charge is 0.462 e. The molecule has 5 nitrogen and oxygen atoms in total. The lowest BCUT2D eigenvalue weighted by molar-refractivity contribution is -0.150. The van der Waals surface area contributed by atoms with Gasteiger partial charge in [-0.05, 0) is 24.5 Å². The van der Waals surface area contributed by atoms with Crippen LogP contribution in [0.15, 0.2) is 24.5 Å². The number of hydrogen-bond acceptors (Lipinski definition) is 5. The van der Waals surface area contributed by atoms with E-state index in [2.05, 4.69) is 10.3 Å². The standard InChI is InChI=1S/C17H20N2O3S/c1-18-16(23)17(11-3-2-8-19-10-11)9-12-4-5-13(17)14(20)6-7-15(21)22-12/h2-3,8,10,12-13H,4-7,9H2,1H3,(H,18,23)/t12?,13-,17+/m1/s1. The summed E-state index contributed by atoms with van der Waals surface area (Å²) in [6.07, 6.45) is 5.54. The van der Waals surface area contributed by atoms with Crippen molar-refractivity contribution in [1.82, 2.24) is 10.3 Å². The van der Waals surface area contributed by atoms with E-state index in [1.165, 1.54) is 0 Å². The Morgan fingerprint density at radius 2 is 2.22 bits per heavy atom. The number of pyridine rings is 1. The maximum Gasteiger partial charge on any atom is 0.306 e. The quantitative estimate of drug-likeness (QED) is 0.659. The fraction of sp³-hybridized carbons (Fsp3) is 0.529. The molecular formula is C17H20N2O3S. The summed E-state index contributed by atoms with van der Waals surface area (Å²) in [5, 5.41) is 3.07. The number of ether oxygens (including phenoxy) is 1. The van der Waals surface area contributed by atoms with Gasteiger partial charge < -0.3 is 10.1 Å². The monoisotopic (exact) mass is 332 g/mol. The molecule has 0 aromatic carbocycles. The molecule has 6 heteroatoms. The Bertz CT molecular complexity index is 634. The molecule has 3 fully saturated rings. The van der Waals surface area contributed by atoms with Crippen molar-refractivity contribution in [3.63, 3.8) is 0 Å². The average Bonchev–Trinajstić information content (AvgIpc) is 2.68. The van der Waals surface area contributed by atoms with E-state index < -0.39 is 5.41 Å². The van der Waals surface area contributed by atoms with Gasteiger partial charge in [0.2, 0.25) is 0 Å². The van der Waals surface area contributed by atoms with Crippen molar-refractivity contribution < 1.29 is 14.3 Å². The van der Waals surface area contributed by atoms with Crippen molar-refractivity contribution in [2.45, 2.75) is 43.6 Å². The van der Waals surface area contributed by atoms with Crippen LogP contribution >= 0.6 is 12.2 Å². The van der Waals surface area contributed by atoms with E-state index in [9.17, 15) is 9.59 Å². The van der Waals surface area contributed by atoms with Crippen molar-refractivity contribution in [3.05, 3.63) is 30.1 Å². The Morgan fingerprint density at radius 1 is 1.39 bits per heavy atom. The number of nitrogens with one attached hydrogen (secondary N) is 1. The molecule has 2 aliphatic heterocycles. The van der Waals surface area contributed by atoms with E-state index in [-0.39, 0.29) is 36.6 Å². The second kappa shape index (κ2) is 6.35. The van der Waals surface area contributed by atoms with E-state index in [0.717, 1.165) is 5.56 Å². The van der Waals surface area contributed by atoms with Crippen LogP contribution in [0.2, 0.25) is 0 Å². The van der Waals surface area contributed by atoms with Crippen LogP contribution < -0.4 is 5.32 Å². The van der Waals surface area contributed by atoms with Gasteiger partial charge in [0, 0.05) is 38.2 Å². The molecule has 1 N–H and O–H groups in total. The first kappa shape index (κ1) is 16.1. The number of ketones is 1. The Labute approximate surface area is 140 Å². The summed E-state index contributed by atoms with van der Waals surface area (Å²) in [4.78, 5) is 29.5. The van der Waals surface area contributed by atoms with Crippen LogP contribution in [0.1, 0.15) is 37.7 Å². The molecule has 2 saturated heterocycles. The van der Waals surface area contributed by atoms with E-state index >= 15 is 0 Å². The first-order valence-electron chi connectivity index (χ1n) is 7.93. The van der Waals surface area contributed by atoms with Gasteiger partial charge in [-0.3, -0.25) is 14.6 Å². The molecule has 1 unspecified atom stereocenters. The lowest BCUT2D eigenvalue weighted by Gasteiger charge is -2.45. The van der Waals surface area contributed by atoms with Crippen LogP contribution in [-0.4, -0.2) is 34.9 Å². The third-order valence-electron chi connectivity index (χ3n) is 4.99. The van der Waals surface area contributed by atoms with Crippen LogP contribution in [0, 0.1) is 5.92 Å². The van der Waals surface area contributed by atoms with Crippen LogP contribution in [-0.2, 0) is 19.7 Å². The summed E-state index contributed by atoms with van der Waals surface area (Å²) in [5.41, 5.74) is 0.267. The lowest BCUT2D eigenvalue weighted by Crippen LogP contribution is -2.54. The number of rotatable bonds is 2. The zero-order valence-corrected chi connectivity index (χ0v) is 13.9. The number of esters is 1. The highest BCUT2D eigenvalue weighted by Gasteiger charge is 2.52. The molecule has 1 aromatic heterocycles. The van der Waals surface area contributed by atoms with E-state index in [1.54, 1.807) is 19.4 Å². The molecule has 23 heavy (non-hydrogen) atoms. The van der Waals surface area contributed by atoms with Gasteiger partial charge in [0.15, 0.2) is 0 Å². The van der Waals surface area contributed by atoms with Gasteiger partial charge in [0.25, 0.3) is 0 Å². The minimum atomic E-state index is -0.650. The molecule has 122 valence electrons. The second-order valence-corrected chi connectivity index (χ2v) is 6.61. The number of aromatic nitrogens is 1. The number of carbonyl (C=O) groups excluding carboxylic acids is 2. The summed E-state index contributed by atoms with van der Waals surface area (Å²) < 4.78 is 5.58. The van der Waals surface area contributed by atoms with Crippen LogP contribution in [0.3, 0.4) is 0 Å². The Balaban J connectivity index is 2.15. The molecule has 3 atom stereocenters. The summed E-state index contributed by atoms with van der Waals surface area (Å²) in [5.74, 6) is -0.442. The Morgan fingerprint density at radius 3 is 2.91 bits per heavy atom. The fourth-order valence-electron chi connectivity index (χ4n) is 3.93. The molecule has 3 aliphatic rings. The highest BCUT2D eigenvalue weighted by Crippen LogP contribution is 2.47. The molecule has 1 saturated carbocycles. The maximum atomic E-state index is 12.8. The molecule has 2 bridgehead atoms. The van der Waals surface area contributed by atoms with Crippen molar-refractivity contribution in [3.8, 4) is 0 Å². The highest BCUT2D eigenvalue weighted by molar-refractivity contribution is 7.80. The normalized spacial score (nSPS) is 30.8. The smallest absolute Gasteiger partial charge is 0.306 e. The summed E-state index contributed by atoms with van der Waals surface area (Å²) >= 11 is 5.63. The van der Waals surface area contributed by atoms with Gasteiger partial charge in [0.1, 0.15) is 11.9 Å². The predicted molar refractivity (Wildman–Crippen MR) is 89.0 cm³/mol. The van der Waals surface area contributed by atoms with Crippen molar-refractivity contribution in [2.75, 3.05) is 7.05 Å². The van der Waals surface area contributed by atoms with Crippen molar-refractivity contribution in [2.24, 2.45) is 5.92 Å². The minimum Gasteiger partial charge on any atom is -0.462 e. The first-order valence-corrected chi connectivity index (χ1v) is 8.33. The number of hydrogen-bond donors (Lipinski definition) is 1. The molecule has 1 aromatic rings. The third kappa shape index (κ3) is 2.76. The summed E-state index contributed by atoms with van der Waals surface area (Å²) in [6.45, 7) is 0. The van der Waals surface area contributed by atoms with E-state index in [4.69, 9.17) is 17.0 Å². The molecule has 0 amide bonds. The van der Waals surface area contributed by atoms with Crippen LogP contribution in [0.4, 0.5) is 0 Å². The van der Waals surface area contributed by atoms with Gasteiger partial charge >= 0.3 is 5.97 Å². The zero-order chi connectivity index (χ0) is 16.4. The first-order chi connectivity index (χ1) is 11.1. The van der Waals surface area contributed by atoms with Gasteiger partial charge in [0.05, 0.1) is 16.8 Å². The third-order valence-corrected chi connectivity index (χ3v) is 5.56. The number of carbonyl (C=O) groups is 2. The highest BCUT2D eigenvalue weighted by atomic mass is 32.1. The average molecular weight is 332 g/mol. The Hall–Kier alpha value is -1.82. The minimum absolute atomic E-state index is 0.0868. The molecule has 0 spiro atoms. The van der Waals surface area contributed by atoms with Crippen molar-refractivity contribution in [1.29, 1.82) is 0 Å². The van der Waals surface area contributed by atoms with Gasteiger partial charge in [-0.1, -0.05) is 18.3 Å². The molecule has 1 aliphatic carbocycles. The molecule has 0 radical (unpaired) electrons. The summed E-state index contributed by atoms with van der Waals surface area (Å²) in [6, 6.07) is 3.81. The predicted octanol–water partition coefficient (Wildman–Crippen LogP) is 1.94. The van der Waals surface area contributed by atoms with Crippen molar-refractivity contribution >= 4 is 29.0 Å². The number of likely N-dealkylation sites (N-methyl/N-ethyl adjacent to an activating group) is 1. The van der Waals surface area contributed by atoms with Gasteiger partial charge in [-0.2, -0.15) is 0 Å². The van der Waals surface area contributed by atoms with Gasteiger partial charge in [-0.25, -0.2) is 0 Å². The van der Waals surface area contributed by atoms with E-state index in [0.29, 0.717) is 24.3 Å². The van der Waals surface area contributed by atoms with Crippen LogP contribution in [0.5, 0.6) is 0 Å². The zero-order valence-electron chi connectivity index (χ0n) is 13.1. The van der Waals surface area contributed by atoms with Crippen LogP contribution in [0.25, 0.3) is 0 Å². The Kier molecular flexibility index (Phi) is 4.43. The van der Waals surface area contributed by atoms with Gasteiger partial charge in [-0.15, -0.1) is 0 Å². The molecule has 4 rings (SSSR count). The number of fused-ring (bicyclic) bond motifs is 6. The fourth-order valence-corrected chi connectivity index (χ4v) is 4.28. The SMILES string of the molecule is CNC(=S)[C@]1(c2cccnc2)CC2CC[C@@H]1C(=O)CCC(=O)O2. The lowest BCUT2D eigenvalue weighted by atomic mass is 9.60. The number of nitrogens with zero attached hydrogens (tertiary/aromatic N) is 1. The molecular weight excluding hydrogens is 312 g/mol. The second-order valence-electron chi connectivity index (χ2n) is 6.20. The van der Waals surface area contributed by atoms with E-state index in [1.807, 2.05) is 12.1 Å². The summed E-state index contributed by atoms with van der Waals surface area (Å²) in [7, 11) is 1.78. The maximum absolute atomic E-state index is 12.8. The molecule has 3 heterocycles.